The van der Waals surface area contributed by atoms with Gasteiger partial charge in [0.05, 0.1) is 0 Å². The van der Waals surface area contributed by atoms with Crippen LogP contribution in [0.2, 0.25) is 0 Å². The van der Waals surface area contributed by atoms with Crippen LogP contribution in [0.4, 0.5) is 0 Å². The number of nitrogens with zero attached hydrogens (tertiary/aromatic N) is 3. The molecule has 4 nitrogen and oxygen atoms in total. The highest BCUT2D eigenvalue weighted by molar-refractivity contribution is 5.60. The average molecular weight is 423 g/mol. The quantitative estimate of drug-likeness (QED) is 0.347. The van der Waals surface area contributed by atoms with E-state index in [1.54, 1.807) is 12.4 Å². The lowest BCUT2D eigenvalue weighted by Gasteiger charge is -1.97. The van der Waals surface area contributed by atoms with Crippen LogP contribution in [-0.4, -0.2) is 15.2 Å². The second kappa shape index (κ2) is 9.47. The molecule has 0 saturated carbocycles. The van der Waals surface area contributed by atoms with Gasteiger partial charge < -0.3 is 4.42 Å². The molecule has 0 spiro atoms. The Morgan fingerprint density at radius 2 is 0.879 bits per heavy atom. The summed E-state index contributed by atoms with van der Waals surface area (Å²) in [6, 6.07) is 29.2. The molecular weight excluding hydrogens is 406 g/mol. The number of hydrogen-bond acceptors (Lipinski definition) is 4. The third-order valence-electron chi connectivity index (χ3n) is 4.85. The minimum absolute atomic E-state index is 0.464. The van der Waals surface area contributed by atoms with Gasteiger partial charge in [0.2, 0.25) is 11.8 Å². The summed E-state index contributed by atoms with van der Waals surface area (Å²) in [6.07, 6.45) is 3.46. The van der Waals surface area contributed by atoms with Crippen LogP contribution >= 0.6 is 0 Å². The summed E-state index contributed by atoms with van der Waals surface area (Å²) in [5.41, 5.74) is 5.42. The van der Waals surface area contributed by atoms with E-state index in [9.17, 15) is 0 Å². The van der Waals surface area contributed by atoms with Gasteiger partial charge >= 0.3 is 0 Å². The van der Waals surface area contributed by atoms with Crippen LogP contribution in [-0.2, 0) is 0 Å². The van der Waals surface area contributed by atoms with Gasteiger partial charge in [-0.25, -0.2) is 0 Å². The fraction of sp³-hybridized carbons (Fsp3) is 0. The minimum atomic E-state index is 0.464. The van der Waals surface area contributed by atoms with Gasteiger partial charge in [0.15, 0.2) is 0 Å². The van der Waals surface area contributed by atoms with Gasteiger partial charge in [-0.15, -0.1) is 10.2 Å². The van der Waals surface area contributed by atoms with E-state index in [4.69, 9.17) is 4.42 Å². The smallest absolute Gasteiger partial charge is 0.248 e. The molecule has 0 saturated heterocycles. The standard InChI is InChI=1S/C29H17N3O/c1-2-4-22(5-3-1)6-7-23-10-14-26(15-11-23)28-31-32-29(33-28)27-16-12-24(13-17-27)8-9-25-18-20-30-21-19-25/h1-5,10-21H. The van der Waals surface area contributed by atoms with E-state index in [0.29, 0.717) is 11.8 Å². The molecule has 3 aromatic carbocycles. The number of hydrogen-bond donors (Lipinski definition) is 0. The molecule has 33 heavy (non-hydrogen) atoms. The molecule has 0 unspecified atom stereocenters. The molecule has 0 atom stereocenters. The maximum atomic E-state index is 5.89. The first-order valence-electron chi connectivity index (χ1n) is 10.4. The Morgan fingerprint density at radius 1 is 0.455 bits per heavy atom. The lowest BCUT2D eigenvalue weighted by Crippen LogP contribution is -1.80. The summed E-state index contributed by atoms with van der Waals surface area (Å²) in [5, 5.41) is 8.39. The average Bonchev–Trinajstić information content (AvgIpc) is 3.38. The molecular formula is C29H17N3O. The Balaban J connectivity index is 1.29. The van der Waals surface area contributed by atoms with Gasteiger partial charge in [-0.2, -0.15) is 0 Å². The van der Waals surface area contributed by atoms with Crippen LogP contribution in [0.5, 0.6) is 0 Å². The van der Waals surface area contributed by atoms with Gasteiger partial charge in [-0.05, 0) is 72.8 Å². The summed E-state index contributed by atoms with van der Waals surface area (Å²) in [6.45, 7) is 0. The van der Waals surface area contributed by atoms with Crippen molar-refractivity contribution in [2.75, 3.05) is 0 Å². The van der Waals surface area contributed by atoms with Crippen LogP contribution in [0.15, 0.2) is 108 Å². The van der Waals surface area contributed by atoms with Gasteiger partial charge in [0.1, 0.15) is 0 Å². The molecule has 5 aromatic rings. The molecule has 2 aromatic heterocycles. The molecule has 0 N–H and O–H groups in total. The molecule has 0 aliphatic heterocycles. The largest absolute Gasteiger partial charge is 0.416 e. The van der Waals surface area contributed by atoms with Crippen LogP contribution in [0.1, 0.15) is 22.3 Å². The highest BCUT2D eigenvalue weighted by atomic mass is 16.4. The van der Waals surface area contributed by atoms with Crippen molar-refractivity contribution in [3.8, 4) is 46.6 Å². The van der Waals surface area contributed by atoms with E-state index < -0.39 is 0 Å². The van der Waals surface area contributed by atoms with Gasteiger partial charge in [-0.3, -0.25) is 4.98 Å². The number of pyridine rings is 1. The summed E-state index contributed by atoms with van der Waals surface area (Å²) in [4.78, 5) is 4.00. The predicted octanol–water partition coefficient (Wildman–Crippen LogP) is 5.60. The lowest BCUT2D eigenvalue weighted by atomic mass is 10.1. The van der Waals surface area contributed by atoms with Crippen LogP contribution < -0.4 is 0 Å². The highest BCUT2D eigenvalue weighted by Gasteiger charge is 2.10. The first kappa shape index (κ1) is 20.0. The zero-order valence-corrected chi connectivity index (χ0v) is 17.6. The summed E-state index contributed by atoms with van der Waals surface area (Å²) in [5.74, 6) is 13.5. The molecule has 0 radical (unpaired) electrons. The lowest BCUT2D eigenvalue weighted by molar-refractivity contribution is 0.584. The van der Waals surface area contributed by atoms with E-state index in [1.807, 2.05) is 91.0 Å². The summed E-state index contributed by atoms with van der Waals surface area (Å²) >= 11 is 0. The first-order chi connectivity index (χ1) is 16.3. The SMILES string of the molecule is C(#Cc1ccc(-c2nnc(-c3ccc(C#Cc4ccncc4)cc3)o2)cc1)c1ccccc1. The van der Waals surface area contributed by atoms with Crippen molar-refractivity contribution in [1.29, 1.82) is 0 Å². The van der Waals surface area contributed by atoms with E-state index in [1.165, 1.54) is 0 Å². The van der Waals surface area contributed by atoms with Gasteiger partial charge in [0.25, 0.3) is 0 Å². The summed E-state index contributed by atoms with van der Waals surface area (Å²) < 4.78 is 5.89. The Hall–Kier alpha value is -4.93. The molecule has 4 heteroatoms. The Bertz CT molecular complexity index is 1370. The fourth-order valence-corrected chi connectivity index (χ4v) is 3.09. The summed E-state index contributed by atoms with van der Waals surface area (Å²) in [7, 11) is 0. The Kier molecular flexibility index (Phi) is 5.74. The molecule has 0 aliphatic carbocycles. The van der Waals surface area contributed by atoms with Crippen molar-refractivity contribution in [1.82, 2.24) is 15.2 Å². The molecule has 154 valence electrons. The van der Waals surface area contributed by atoms with Crippen LogP contribution in [0.25, 0.3) is 22.9 Å². The maximum absolute atomic E-state index is 5.89. The Labute approximate surface area is 192 Å². The second-order valence-corrected chi connectivity index (χ2v) is 7.17. The van der Waals surface area contributed by atoms with Crippen LogP contribution in [0.3, 0.4) is 0 Å². The predicted molar refractivity (Wildman–Crippen MR) is 128 cm³/mol. The normalized spacial score (nSPS) is 9.94. The van der Waals surface area contributed by atoms with Crippen molar-refractivity contribution >= 4 is 0 Å². The van der Waals surface area contributed by atoms with E-state index >= 15 is 0 Å². The van der Waals surface area contributed by atoms with Gasteiger partial charge in [-0.1, -0.05) is 41.9 Å². The number of aromatic nitrogens is 3. The molecule has 0 amide bonds. The minimum Gasteiger partial charge on any atom is -0.416 e. The van der Waals surface area contributed by atoms with Crippen molar-refractivity contribution < 1.29 is 4.42 Å². The fourth-order valence-electron chi connectivity index (χ4n) is 3.09. The van der Waals surface area contributed by atoms with Gasteiger partial charge in [0, 0.05) is 45.8 Å². The van der Waals surface area contributed by atoms with Crippen LogP contribution in [0, 0.1) is 23.7 Å². The molecule has 2 heterocycles. The highest BCUT2D eigenvalue weighted by Crippen LogP contribution is 2.24. The molecule has 0 fully saturated rings. The van der Waals surface area contributed by atoms with Crippen molar-refractivity contribution in [2.24, 2.45) is 0 Å². The third kappa shape index (κ3) is 5.05. The van der Waals surface area contributed by atoms with E-state index in [2.05, 4.69) is 38.9 Å². The molecule has 0 bridgehead atoms. The van der Waals surface area contributed by atoms with Crippen molar-refractivity contribution in [2.45, 2.75) is 0 Å². The van der Waals surface area contributed by atoms with E-state index in [-0.39, 0.29) is 0 Å². The van der Waals surface area contributed by atoms with Crippen molar-refractivity contribution in [3.05, 3.63) is 126 Å². The van der Waals surface area contributed by atoms with E-state index in [0.717, 1.165) is 33.4 Å². The first-order valence-corrected chi connectivity index (χ1v) is 10.4. The zero-order valence-electron chi connectivity index (χ0n) is 17.6. The zero-order chi connectivity index (χ0) is 22.3. The molecule has 0 aliphatic rings. The number of rotatable bonds is 2. The number of benzene rings is 3. The third-order valence-corrected chi connectivity index (χ3v) is 4.85. The Morgan fingerprint density at radius 3 is 1.36 bits per heavy atom. The maximum Gasteiger partial charge on any atom is 0.248 e. The van der Waals surface area contributed by atoms with Crippen molar-refractivity contribution in [3.63, 3.8) is 0 Å². The topological polar surface area (TPSA) is 51.8 Å². The molecule has 5 rings (SSSR count). The monoisotopic (exact) mass is 423 g/mol. The second-order valence-electron chi connectivity index (χ2n) is 7.17.